The van der Waals surface area contributed by atoms with Gasteiger partial charge in [0.15, 0.2) is 11.5 Å². The number of β-lactam (4-membered cyclic amide) rings is 1. The van der Waals surface area contributed by atoms with Crippen molar-refractivity contribution in [2.45, 2.75) is 42.2 Å². The van der Waals surface area contributed by atoms with Crippen molar-refractivity contribution in [1.82, 2.24) is 4.90 Å². The molecule has 0 bridgehead atoms. The summed E-state index contributed by atoms with van der Waals surface area (Å²) in [7, 11) is 0. The summed E-state index contributed by atoms with van der Waals surface area (Å²) in [5, 5.41) is 8.75. The molecule has 1 amide bonds. The SMILES string of the molecule is CC1(C)S[C@@H]2[C@H]([N+]#N)C(=O)N2[C@H]1C(=O)OC(c1ccccc1)c1ccccc1. The van der Waals surface area contributed by atoms with Gasteiger partial charge in [0.25, 0.3) is 0 Å². The summed E-state index contributed by atoms with van der Waals surface area (Å²) >= 11 is 1.46. The van der Waals surface area contributed by atoms with Crippen molar-refractivity contribution in [3.05, 3.63) is 76.8 Å². The molecule has 0 spiro atoms. The second-order valence-electron chi connectivity index (χ2n) is 7.46. The number of thioether (sulfide) groups is 1. The Morgan fingerprint density at radius 2 is 1.64 bits per heavy atom. The smallest absolute Gasteiger partial charge is 0.419 e. The maximum absolute atomic E-state index is 13.2. The predicted molar refractivity (Wildman–Crippen MR) is 106 cm³/mol. The number of amides is 1. The lowest BCUT2D eigenvalue weighted by molar-refractivity contribution is -0.164. The highest BCUT2D eigenvalue weighted by molar-refractivity contribution is 8.01. The summed E-state index contributed by atoms with van der Waals surface area (Å²) in [6.45, 7) is 3.81. The van der Waals surface area contributed by atoms with E-state index in [1.807, 2.05) is 74.5 Å². The molecule has 2 heterocycles. The molecule has 6 nitrogen and oxygen atoms in total. The van der Waals surface area contributed by atoms with Crippen LogP contribution in [0, 0.1) is 5.39 Å². The van der Waals surface area contributed by atoms with E-state index in [9.17, 15) is 9.59 Å². The summed E-state index contributed by atoms with van der Waals surface area (Å²) in [6.07, 6.45) is -0.565. The fourth-order valence-electron chi connectivity index (χ4n) is 3.84. The first-order chi connectivity index (χ1) is 13.4. The van der Waals surface area contributed by atoms with E-state index in [0.29, 0.717) is 0 Å². The molecule has 0 N–H and O–H groups in total. The van der Waals surface area contributed by atoms with Gasteiger partial charge in [-0.2, -0.15) is 0 Å². The fourth-order valence-corrected chi connectivity index (χ4v) is 5.44. The number of carbonyl (C=O) groups excluding carboxylic acids is 2. The third-order valence-electron chi connectivity index (χ3n) is 5.20. The van der Waals surface area contributed by atoms with Gasteiger partial charge in [-0.15, -0.1) is 11.8 Å². The number of hydrogen-bond acceptors (Lipinski definition) is 5. The van der Waals surface area contributed by atoms with Gasteiger partial charge in [0.1, 0.15) is 11.0 Å². The van der Waals surface area contributed by atoms with Gasteiger partial charge in [0, 0.05) is 4.75 Å². The molecule has 0 unspecified atom stereocenters. The summed E-state index contributed by atoms with van der Waals surface area (Å²) in [6, 6.07) is 17.5. The third-order valence-corrected chi connectivity index (χ3v) is 6.76. The summed E-state index contributed by atoms with van der Waals surface area (Å²) in [5.41, 5.74) is 1.72. The summed E-state index contributed by atoms with van der Waals surface area (Å²) in [5.74, 6) is -0.800. The number of ether oxygens (including phenoxy) is 1. The quantitative estimate of drug-likeness (QED) is 0.450. The molecule has 2 saturated heterocycles. The number of esters is 1. The monoisotopic (exact) mass is 394 g/mol. The van der Waals surface area contributed by atoms with Gasteiger partial charge in [-0.25, -0.2) is 4.79 Å². The molecule has 0 aliphatic carbocycles. The number of rotatable bonds is 4. The molecule has 2 aromatic carbocycles. The van der Waals surface area contributed by atoms with Crippen molar-refractivity contribution < 1.29 is 14.3 Å². The molecule has 28 heavy (non-hydrogen) atoms. The molecule has 2 fully saturated rings. The molecule has 2 aliphatic heterocycles. The van der Waals surface area contributed by atoms with Crippen molar-refractivity contribution in [2.24, 2.45) is 0 Å². The van der Waals surface area contributed by atoms with Crippen LogP contribution in [0.25, 0.3) is 4.98 Å². The van der Waals surface area contributed by atoms with Crippen LogP contribution < -0.4 is 0 Å². The normalized spacial score (nSPS) is 25.0. The second-order valence-corrected chi connectivity index (χ2v) is 9.23. The van der Waals surface area contributed by atoms with Crippen LogP contribution in [0.4, 0.5) is 0 Å². The molecule has 2 aliphatic rings. The minimum absolute atomic E-state index is 0.336. The Bertz CT molecular complexity index is 903. The molecule has 4 rings (SSSR count). The van der Waals surface area contributed by atoms with Crippen molar-refractivity contribution in [3.8, 4) is 0 Å². The van der Waals surface area contributed by atoms with Crippen LogP contribution in [-0.4, -0.2) is 39.0 Å². The third kappa shape index (κ3) is 2.94. The first kappa shape index (κ1) is 18.5. The standard InChI is InChI=1S/C21H20N3O3S/c1-21(2)17(24-18(25)15(23-22)19(24)28-21)20(26)27-16(13-9-5-3-6-10-13)14-11-7-4-8-12-14/h3-12,15-17,19H,1-2H3/q+1/t15-,17+,19-/m1/s1. The number of carbonyl (C=O) groups is 2. The summed E-state index contributed by atoms with van der Waals surface area (Å²) in [4.78, 5) is 30.2. The van der Waals surface area contributed by atoms with E-state index in [4.69, 9.17) is 10.1 Å². The average molecular weight is 394 g/mol. The van der Waals surface area contributed by atoms with Crippen LogP contribution in [0.3, 0.4) is 0 Å². The van der Waals surface area contributed by atoms with E-state index in [1.165, 1.54) is 16.7 Å². The number of fused-ring (bicyclic) bond motifs is 1. The molecule has 2 aromatic rings. The van der Waals surface area contributed by atoms with Gasteiger partial charge in [-0.3, -0.25) is 9.69 Å². The van der Waals surface area contributed by atoms with E-state index in [0.717, 1.165) is 11.1 Å². The minimum Gasteiger partial charge on any atom is -0.451 e. The van der Waals surface area contributed by atoms with E-state index >= 15 is 0 Å². The van der Waals surface area contributed by atoms with E-state index in [2.05, 4.69) is 4.98 Å². The zero-order valence-electron chi connectivity index (χ0n) is 15.6. The maximum Gasteiger partial charge on any atom is 0.419 e. The zero-order chi connectivity index (χ0) is 19.9. The van der Waals surface area contributed by atoms with Crippen molar-refractivity contribution in [2.75, 3.05) is 0 Å². The van der Waals surface area contributed by atoms with Gasteiger partial charge in [0.05, 0.1) is 0 Å². The Morgan fingerprint density at radius 1 is 1.11 bits per heavy atom. The highest BCUT2D eigenvalue weighted by Crippen LogP contribution is 2.52. The van der Waals surface area contributed by atoms with Gasteiger partial charge >= 0.3 is 17.9 Å². The number of nitrogens with zero attached hydrogens (tertiary/aromatic N) is 3. The van der Waals surface area contributed by atoms with Crippen molar-refractivity contribution in [3.63, 3.8) is 0 Å². The van der Waals surface area contributed by atoms with E-state index in [1.54, 1.807) is 0 Å². The minimum atomic E-state index is -0.805. The molecule has 0 aromatic heterocycles. The highest BCUT2D eigenvalue weighted by Gasteiger charge is 2.70. The highest BCUT2D eigenvalue weighted by atomic mass is 32.2. The van der Waals surface area contributed by atoms with Crippen molar-refractivity contribution in [1.29, 1.82) is 5.39 Å². The van der Waals surface area contributed by atoms with Crippen LogP contribution in [0.15, 0.2) is 60.7 Å². The molecule has 142 valence electrons. The van der Waals surface area contributed by atoms with Gasteiger partial charge in [-0.05, 0) is 25.0 Å². The van der Waals surface area contributed by atoms with E-state index in [-0.39, 0.29) is 11.3 Å². The second kappa shape index (κ2) is 6.95. The largest absolute Gasteiger partial charge is 0.451 e. The van der Waals surface area contributed by atoms with Crippen molar-refractivity contribution >= 4 is 23.6 Å². The van der Waals surface area contributed by atoms with Crippen LogP contribution in [0.5, 0.6) is 0 Å². The molecular formula is C21H20N3O3S+. The van der Waals surface area contributed by atoms with Gasteiger partial charge < -0.3 is 4.74 Å². The topological polar surface area (TPSA) is 74.8 Å². The van der Waals surface area contributed by atoms with Crippen LogP contribution in [-0.2, 0) is 14.3 Å². The fraction of sp³-hybridized carbons (Fsp3) is 0.333. The number of hydrogen-bond donors (Lipinski definition) is 0. The number of benzene rings is 2. The molecular weight excluding hydrogens is 374 g/mol. The van der Waals surface area contributed by atoms with Crippen LogP contribution in [0.2, 0.25) is 0 Å². The first-order valence-electron chi connectivity index (χ1n) is 9.08. The lowest BCUT2D eigenvalue weighted by Crippen LogP contribution is -2.64. The number of diazo groups is 1. The Hall–Kier alpha value is -2.85. The lowest BCUT2D eigenvalue weighted by Gasteiger charge is -2.35. The molecule has 0 saturated carbocycles. The predicted octanol–water partition coefficient (Wildman–Crippen LogP) is 3.60. The zero-order valence-corrected chi connectivity index (χ0v) is 16.4. The Kier molecular flexibility index (Phi) is 4.60. The van der Waals surface area contributed by atoms with Crippen LogP contribution in [0.1, 0.15) is 31.1 Å². The Labute approximate surface area is 167 Å². The summed E-state index contributed by atoms with van der Waals surface area (Å²) < 4.78 is 5.43. The van der Waals surface area contributed by atoms with Gasteiger partial charge in [0.2, 0.25) is 5.39 Å². The maximum atomic E-state index is 13.2. The van der Waals surface area contributed by atoms with E-state index < -0.39 is 28.9 Å². The Morgan fingerprint density at radius 3 is 2.14 bits per heavy atom. The Balaban J connectivity index is 1.64. The molecule has 0 radical (unpaired) electrons. The first-order valence-corrected chi connectivity index (χ1v) is 9.96. The van der Waals surface area contributed by atoms with Crippen LogP contribution >= 0.6 is 11.8 Å². The van der Waals surface area contributed by atoms with Gasteiger partial charge in [-0.1, -0.05) is 60.7 Å². The average Bonchev–Trinajstić information content (AvgIpc) is 2.95. The molecule has 7 heteroatoms. The lowest BCUT2D eigenvalue weighted by atomic mass is 9.96. The molecule has 3 atom stereocenters.